The first kappa shape index (κ1) is 12.0. The van der Waals surface area contributed by atoms with E-state index < -0.39 is 0 Å². The number of carbonyl (C=O) groups is 1. The number of hydrogen-bond acceptors (Lipinski definition) is 4. The van der Waals surface area contributed by atoms with E-state index in [-0.39, 0.29) is 5.91 Å². The lowest BCUT2D eigenvalue weighted by Crippen LogP contribution is -2.11. The summed E-state index contributed by atoms with van der Waals surface area (Å²) in [5.41, 5.74) is 5.41. The standard InChI is InChI=1S/C11H14N4O/c12-8-9-4-3-6-11(15-9)14-7-2-1-5-10(13)16/h3-4,6H,1-2,5,7H2,(H2,13,16)(H,14,15). The van der Waals surface area contributed by atoms with Gasteiger partial charge < -0.3 is 11.1 Å². The van der Waals surface area contributed by atoms with Crippen LogP contribution >= 0.6 is 0 Å². The van der Waals surface area contributed by atoms with Crippen molar-refractivity contribution in [3.8, 4) is 6.07 Å². The molecule has 84 valence electrons. The molecule has 0 aromatic carbocycles. The summed E-state index contributed by atoms with van der Waals surface area (Å²) in [6.07, 6.45) is 2.02. The van der Waals surface area contributed by atoms with Crippen LogP contribution < -0.4 is 11.1 Å². The van der Waals surface area contributed by atoms with Crippen molar-refractivity contribution in [3.05, 3.63) is 23.9 Å². The third-order valence-electron chi connectivity index (χ3n) is 2.02. The van der Waals surface area contributed by atoms with Crippen molar-refractivity contribution >= 4 is 11.7 Å². The molecule has 1 aromatic heterocycles. The Morgan fingerprint density at radius 2 is 2.31 bits per heavy atom. The minimum Gasteiger partial charge on any atom is -0.370 e. The molecular formula is C11H14N4O. The Labute approximate surface area is 94.3 Å². The van der Waals surface area contributed by atoms with E-state index in [9.17, 15) is 4.79 Å². The summed E-state index contributed by atoms with van der Waals surface area (Å²) < 4.78 is 0. The van der Waals surface area contributed by atoms with Gasteiger partial charge in [-0.25, -0.2) is 4.98 Å². The number of primary amides is 1. The molecule has 0 radical (unpaired) electrons. The van der Waals surface area contributed by atoms with E-state index >= 15 is 0 Å². The number of carbonyl (C=O) groups excluding carboxylic acids is 1. The fourth-order valence-electron chi connectivity index (χ4n) is 1.24. The van der Waals surface area contributed by atoms with Crippen molar-refractivity contribution in [1.29, 1.82) is 5.26 Å². The smallest absolute Gasteiger partial charge is 0.217 e. The second-order valence-corrected chi connectivity index (χ2v) is 3.37. The molecule has 0 spiro atoms. The van der Waals surface area contributed by atoms with Gasteiger partial charge in [-0.2, -0.15) is 5.26 Å². The monoisotopic (exact) mass is 218 g/mol. The highest BCUT2D eigenvalue weighted by Crippen LogP contribution is 2.04. The van der Waals surface area contributed by atoms with E-state index in [0.29, 0.717) is 17.9 Å². The zero-order valence-corrected chi connectivity index (χ0v) is 8.94. The molecule has 0 aliphatic heterocycles. The Morgan fingerprint density at radius 3 is 3.00 bits per heavy atom. The van der Waals surface area contributed by atoms with Crippen LogP contribution in [-0.4, -0.2) is 17.4 Å². The first-order chi connectivity index (χ1) is 7.72. The van der Waals surface area contributed by atoms with Gasteiger partial charge in [0.05, 0.1) is 0 Å². The number of nitrogens with two attached hydrogens (primary N) is 1. The molecule has 0 saturated heterocycles. The predicted molar refractivity (Wildman–Crippen MR) is 60.5 cm³/mol. The van der Waals surface area contributed by atoms with Gasteiger partial charge in [-0.1, -0.05) is 6.07 Å². The second-order valence-electron chi connectivity index (χ2n) is 3.37. The maximum Gasteiger partial charge on any atom is 0.217 e. The van der Waals surface area contributed by atoms with E-state index in [1.807, 2.05) is 6.07 Å². The minimum absolute atomic E-state index is 0.274. The maximum atomic E-state index is 10.5. The first-order valence-electron chi connectivity index (χ1n) is 5.11. The van der Waals surface area contributed by atoms with Crippen LogP contribution in [0.15, 0.2) is 18.2 Å². The number of amides is 1. The van der Waals surface area contributed by atoms with E-state index in [4.69, 9.17) is 11.0 Å². The largest absolute Gasteiger partial charge is 0.370 e. The van der Waals surface area contributed by atoms with Gasteiger partial charge in [-0.05, 0) is 25.0 Å². The molecule has 0 saturated carbocycles. The molecular weight excluding hydrogens is 204 g/mol. The Balaban J connectivity index is 2.27. The maximum absolute atomic E-state index is 10.5. The van der Waals surface area contributed by atoms with Crippen LogP contribution in [0.2, 0.25) is 0 Å². The summed E-state index contributed by atoms with van der Waals surface area (Å²) >= 11 is 0. The van der Waals surface area contributed by atoms with Crippen LogP contribution in [0.1, 0.15) is 25.0 Å². The first-order valence-corrected chi connectivity index (χ1v) is 5.11. The molecule has 1 heterocycles. The van der Waals surface area contributed by atoms with Gasteiger partial charge in [0.15, 0.2) is 0 Å². The molecule has 0 aliphatic carbocycles. The molecule has 0 fully saturated rings. The summed E-state index contributed by atoms with van der Waals surface area (Å²) in [4.78, 5) is 14.5. The normalized spacial score (nSPS) is 9.44. The van der Waals surface area contributed by atoms with E-state index in [1.54, 1.807) is 18.2 Å². The molecule has 0 atom stereocenters. The third kappa shape index (κ3) is 4.42. The summed E-state index contributed by atoms with van der Waals surface area (Å²) in [5, 5.41) is 11.7. The molecule has 16 heavy (non-hydrogen) atoms. The summed E-state index contributed by atoms with van der Waals surface area (Å²) in [6.45, 7) is 0.717. The molecule has 0 unspecified atom stereocenters. The molecule has 0 aliphatic rings. The Hall–Kier alpha value is -2.09. The number of nitrogens with zero attached hydrogens (tertiary/aromatic N) is 2. The number of hydrogen-bond donors (Lipinski definition) is 2. The number of anilines is 1. The Bertz CT molecular complexity index is 397. The van der Waals surface area contributed by atoms with Gasteiger partial charge in [0.25, 0.3) is 0 Å². The Kier molecular flexibility index (Phi) is 4.80. The lowest BCUT2D eigenvalue weighted by molar-refractivity contribution is -0.118. The zero-order chi connectivity index (χ0) is 11.8. The van der Waals surface area contributed by atoms with Crippen molar-refractivity contribution in [2.24, 2.45) is 5.73 Å². The average Bonchev–Trinajstić information content (AvgIpc) is 2.28. The molecule has 5 nitrogen and oxygen atoms in total. The number of nitrogens with one attached hydrogen (secondary N) is 1. The van der Waals surface area contributed by atoms with Crippen LogP contribution in [0.5, 0.6) is 0 Å². The highest BCUT2D eigenvalue weighted by molar-refractivity contribution is 5.73. The summed E-state index contributed by atoms with van der Waals surface area (Å²) in [6, 6.07) is 7.20. The summed E-state index contributed by atoms with van der Waals surface area (Å²) in [5.74, 6) is 0.405. The SMILES string of the molecule is N#Cc1cccc(NCCCCC(N)=O)n1. The molecule has 3 N–H and O–H groups in total. The van der Waals surface area contributed by atoms with Crippen molar-refractivity contribution < 1.29 is 4.79 Å². The van der Waals surface area contributed by atoms with Gasteiger partial charge in [0, 0.05) is 13.0 Å². The molecule has 1 aromatic rings. The number of pyridine rings is 1. The van der Waals surface area contributed by atoms with Gasteiger partial charge >= 0.3 is 0 Å². The van der Waals surface area contributed by atoms with E-state index in [1.165, 1.54) is 0 Å². The average molecular weight is 218 g/mol. The van der Waals surface area contributed by atoms with Gasteiger partial charge in [0.1, 0.15) is 17.6 Å². The molecule has 1 rings (SSSR count). The van der Waals surface area contributed by atoms with Crippen LogP contribution in [0.3, 0.4) is 0 Å². The second kappa shape index (κ2) is 6.40. The molecule has 0 bridgehead atoms. The van der Waals surface area contributed by atoms with Crippen molar-refractivity contribution in [3.63, 3.8) is 0 Å². The van der Waals surface area contributed by atoms with Crippen LogP contribution in [0.4, 0.5) is 5.82 Å². The fraction of sp³-hybridized carbons (Fsp3) is 0.364. The van der Waals surface area contributed by atoms with Crippen LogP contribution in [0.25, 0.3) is 0 Å². The number of aromatic nitrogens is 1. The minimum atomic E-state index is -0.274. The number of nitriles is 1. The Morgan fingerprint density at radius 1 is 1.50 bits per heavy atom. The van der Waals surface area contributed by atoms with E-state index in [2.05, 4.69) is 10.3 Å². The van der Waals surface area contributed by atoms with Crippen molar-refractivity contribution in [1.82, 2.24) is 4.98 Å². The quantitative estimate of drug-likeness (QED) is 0.697. The lowest BCUT2D eigenvalue weighted by atomic mass is 10.2. The third-order valence-corrected chi connectivity index (χ3v) is 2.02. The van der Waals surface area contributed by atoms with Crippen molar-refractivity contribution in [2.75, 3.05) is 11.9 Å². The van der Waals surface area contributed by atoms with Gasteiger partial charge in [-0.15, -0.1) is 0 Å². The topological polar surface area (TPSA) is 91.8 Å². The lowest BCUT2D eigenvalue weighted by Gasteiger charge is -2.04. The number of unbranched alkanes of at least 4 members (excludes halogenated alkanes) is 1. The van der Waals surface area contributed by atoms with Gasteiger partial charge in [0.2, 0.25) is 5.91 Å². The molecule has 5 heteroatoms. The highest BCUT2D eigenvalue weighted by atomic mass is 16.1. The van der Waals surface area contributed by atoms with Gasteiger partial charge in [-0.3, -0.25) is 4.79 Å². The van der Waals surface area contributed by atoms with Crippen molar-refractivity contribution in [2.45, 2.75) is 19.3 Å². The number of rotatable bonds is 6. The van der Waals surface area contributed by atoms with E-state index in [0.717, 1.165) is 19.4 Å². The van der Waals surface area contributed by atoms with Crippen LogP contribution in [0, 0.1) is 11.3 Å². The van der Waals surface area contributed by atoms with Crippen LogP contribution in [-0.2, 0) is 4.79 Å². The molecule has 1 amide bonds. The fourth-order valence-corrected chi connectivity index (χ4v) is 1.24. The highest BCUT2D eigenvalue weighted by Gasteiger charge is 1.97. The zero-order valence-electron chi connectivity index (χ0n) is 8.94. The summed E-state index contributed by atoms with van der Waals surface area (Å²) in [7, 11) is 0. The predicted octanol–water partition coefficient (Wildman–Crippen LogP) is 1.02.